The van der Waals surface area contributed by atoms with Crippen LogP contribution in [0.5, 0.6) is 0 Å². The van der Waals surface area contributed by atoms with Gasteiger partial charge in [0.1, 0.15) is 0 Å². The third kappa shape index (κ3) is 3.57. The first-order valence-corrected chi connectivity index (χ1v) is 4.34. The Morgan fingerprint density at radius 1 is 1.45 bits per heavy atom. The van der Waals surface area contributed by atoms with Crippen LogP contribution in [0.2, 0.25) is 0 Å². The van der Waals surface area contributed by atoms with Crippen LogP contribution in [-0.2, 0) is 0 Å². The largest absolute Gasteiger partial charge is 0.324 e. The smallest absolute Gasteiger partial charge is 0.0256 e. The van der Waals surface area contributed by atoms with Crippen LogP contribution in [0.25, 0.3) is 0 Å². The molecule has 0 aliphatic heterocycles. The average molecular weight is 155 g/mol. The van der Waals surface area contributed by atoms with Gasteiger partial charge in [0.2, 0.25) is 0 Å². The standard InChI is InChI=1S/C10H21N/c1-6-7-9(11)8(2)10(3,4)5/h9H,2,6-7,11H2,1,3-5H3. The highest BCUT2D eigenvalue weighted by Crippen LogP contribution is 2.26. The predicted octanol–water partition coefficient (Wildman–Crippen LogP) is 2.72. The van der Waals surface area contributed by atoms with E-state index >= 15 is 0 Å². The Labute approximate surface area is 70.7 Å². The number of hydrogen-bond donors (Lipinski definition) is 1. The summed E-state index contributed by atoms with van der Waals surface area (Å²) in [6.45, 7) is 12.6. The summed E-state index contributed by atoms with van der Waals surface area (Å²) in [5.74, 6) is 0. The molecule has 0 aromatic rings. The Morgan fingerprint density at radius 2 is 1.91 bits per heavy atom. The van der Waals surface area contributed by atoms with E-state index in [4.69, 9.17) is 5.73 Å². The minimum atomic E-state index is 0.161. The molecule has 66 valence electrons. The fraction of sp³-hybridized carbons (Fsp3) is 0.800. The van der Waals surface area contributed by atoms with Crippen molar-refractivity contribution in [2.45, 2.75) is 46.6 Å². The zero-order valence-electron chi connectivity index (χ0n) is 8.28. The fourth-order valence-electron chi connectivity index (χ4n) is 1.04. The predicted molar refractivity (Wildman–Crippen MR) is 51.5 cm³/mol. The summed E-state index contributed by atoms with van der Waals surface area (Å²) in [7, 11) is 0. The Balaban J connectivity index is 4.03. The molecule has 0 saturated heterocycles. The molecule has 1 atom stereocenters. The van der Waals surface area contributed by atoms with E-state index in [2.05, 4.69) is 34.3 Å². The van der Waals surface area contributed by atoms with E-state index in [0.29, 0.717) is 0 Å². The Morgan fingerprint density at radius 3 is 2.18 bits per heavy atom. The molecule has 0 rings (SSSR count). The van der Waals surface area contributed by atoms with Crippen molar-refractivity contribution in [1.82, 2.24) is 0 Å². The minimum Gasteiger partial charge on any atom is -0.324 e. The zero-order valence-corrected chi connectivity index (χ0v) is 8.28. The van der Waals surface area contributed by atoms with Crippen LogP contribution in [0.3, 0.4) is 0 Å². The number of hydrogen-bond acceptors (Lipinski definition) is 1. The van der Waals surface area contributed by atoms with Crippen LogP contribution in [0.4, 0.5) is 0 Å². The first kappa shape index (κ1) is 10.7. The second-order valence-electron chi connectivity index (χ2n) is 4.17. The van der Waals surface area contributed by atoms with Gasteiger partial charge < -0.3 is 5.73 Å². The molecule has 0 bridgehead atoms. The molecular weight excluding hydrogens is 134 g/mol. The lowest BCUT2D eigenvalue weighted by molar-refractivity contribution is 0.452. The Hall–Kier alpha value is -0.300. The number of rotatable bonds is 3. The molecule has 0 aliphatic rings. The molecule has 11 heavy (non-hydrogen) atoms. The highest BCUT2D eigenvalue weighted by atomic mass is 14.6. The maximum Gasteiger partial charge on any atom is 0.0256 e. The van der Waals surface area contributed by atoms with Gasteiger partial charge in [-0.3, -0.25) is 0 Å². The van der Waals surface area contributed by atoms with Crippen LogP contribution in [-0.4, -0.2) is 6.04 Å². The average Bonchev–Trinajstić information content (AvgIpc) is 1.85. The quantitative estimate of drug-likeness (QED) is 0.623. The van der Waals surface area contributed by atoms with Gasteiger partial charge in [0.05, 0.1) is 0 Å². The molecule has 0 heterocycles. The van der Waals surface area contributed by atoms with Crippen molar-refractivity contribution in [2.75, 3.05) is 0 Å². The molecular formula is C10H21N. The lowest BCUT2D eigenvalue weighted by Crippen LogP contribution is -2.29. The summed E-state index contributed by atoms with van der Waals surface area (Å²) in [6, 6.07) is 0.181. The summed E-state index contributed by atoms with van der Waals surface area (Å²) in [5, 5.41) is 0. The SMILES string of the molecule is C=C(C(N)CCC)C(C)(C)C. The first-order valence-electron chi connectivity index (χ1n) is 4.34. The van der Waals surface area contributed by atoms with Crippen molar-refractivity contribution in [3.05, 3.63) is 12.2 Å². The molecule has 1 unspecified atom stereocenters. The van der Waals surface area contributed by atoms with Crippen LogP contribution in [0, 0.1) is 5.41 Å². The van der Waals surface area contributed by atoms with Crippen molar-refractivity contribution < 1.29 is 0 Å². The summed E-state index contributed by atoms with van der Waals surface area (Å²) < 4.78 is 0. The molecule has 0 radical (unpaired) electrons. The van der Waals surface area contributed by atoms with Crippen molar-refractivity contribution in [2.24, 2.45) is 11.1 Å². The van der Waals surface area contributed by atoms with E-state index in [9.17, 15) is 0 Å². The van der Waals surface area contributed by atoms with Crippen LogP contribution in [0.1, 0.15) is 40.5 Å². The normalized spacial score (nSPS) is 14.6. The summed E-state index contributed by atoms with van der Waals surface area (Å²) in [5.41, 5.74) is 7.24. The third-order valence-corrected chi connectivity index (χ3v) is 2.01. The summed E-state index contributed by atoms with van der Waals surface area (Å²) in [6.07, 6.45) is 2.19. The third-order valence-electron chi connectivity index (χ3n) is 2.01. The molecule has 1 heteroatoms. The van der Waals surface area contributed by atoms with Crippen molar-refractivity contribution >= 4 is 0 Å². The second-order valence-corrected chi connectivity index (χ2v) is 4.17. The number of nitrogens with two attached hydrogens (primary N) is 1. The van der Waals surface area contributed by atoms with E-state index in [1.807, 2.05) is 0 Å². The van der Waals surface area contributed by atoms with Gasteiger partial charge in [-0.15, -0.1) is 0 Å². The van der Waals surface area contributed by atoms with Gasteiger partial charge in [0, 0.05) is 6.04 Å². The molecule has 0 fully saturated rings. The van der Waals surface area contributed by atoms with E-state index in [1.54, 1.807) is 0 Å². The maximum atomic E-state index is 5.91. The van der Waals surface area contributed by atoms with Crippen LogP contribution in [0.15, 0.2) is 12.2 Å². The fourth-order valence-corrected chi connectivity index (χ4v) is 1.04. The van der Waals surface area contributed by atoms with Crippen molar-refractivity contribution in [3.63, 3.8) is 0 Å². The van der Waals surface area contributed by atoms with Crippen molar-refractivity contribution in [1.29, 1.82) is 0 Å². The van der Waals surface area contributed by atoms with Gasteiger partial charge in [0.15, 0.2) is 0 Å². The van der Waals surface area contributed by atoms with Crippen LogP contribution < -0.4 is 5.73 Å². The molecule has 0 aliphatic carbocycles. The topological polar surface area (TPSA) is 26.0 Å². The second kappa shape index (κ2) is 3.91. The lowest BCUT2D eigenvalue weighted by atomic mass is 9.82. The monoisotopic (exact) mass is 155 g/mol. The van der Waals surface area contributed by atoms with E-state index in [0.717, 1.165) is 12.8 Å². The van der Waals surface area contributed by atoms with Gasteiger partial charge in [0.25, 0.3) is 0 Å². The van der Waals surface area contributed by atoms with E-state index in [1.165, 1.54) is 5.57 Å². The Kier molecular flexibility index (Phi) is 3.81. The van der Waals surface area contributed by atoms with Gasteiger partial charge in [-0.05, 0) is 11.8 Å². The highest BCUT2D eigenvalue weighted by molar-refractivity contribution is 5.12. The molecule has 0 spiro atoms. The Bertz CT molecular complexity index is 130. The zero-order chi connectivity index (χ0) is 9.07. The van der Waals surface area contributed by atoms with Gasteiger partial charge in [-0.2, -0.15) is 0 Å². The van der Waals surface area contributed by atoms with Crippen LogP contribution >= 0.6 is 0 Å². The van der Waals surface area contributed by atoms with Gasteiger partial charge >= 0.3 is 0 Å². The van der Waals surface area contributed by atoms with E-state index < -0.39 is 0 Å². The summed E-state index contributed by atoms with van der Waals surface area (Å²) >= 11 is 0. The first-order chi connectivity index (χ1) is 4.89. The van der Waals surface area contributed by atoms with Gasteiger partial charge in [-0.1, -0.05) is 46.3 Å². The maximum absolute atomic E-state index is 5.91. The minimum absolute atomic E-state index is 0.161. The molecule has 1 nitrogen and oxygen atoms in total. The lowest BCUT2D eigenvalue weighted by Gasteiger charge is -2.26. The molecule has 0 saturated carbocycles. The molecule has 0 aromatic heterocycles. The molecule has 0 amide bonds. The summed E-state index contributed by atoms with van der Waals surface area (Å²) in [4.78, 5) is 0. The van der Waals surface area contributed by atoms with Gasteiger partial charge in [-0.25, -0.2) is 0 Å². The van der Waals surface area contributed by atoms with E-state index in [-0.39, 0.29) is 11.5 Å². The van der Waals surface area contributed by atoms with Crippen molar-refractivity contribution in [3.8, 4) is 0 Å². The molecule has 0 aromatic carbocycles. The molecule has 2 N–H and O–H groups in total. The highest BCUT2D eigenvalue weighted by Gasteiger charge is 2.19.